The molecule has 1 fully saturated rings. The van der Waals surface area contributed by atoms with Crippen LogP contribution in [0.2, 0.25) is 0 Å². The molecule has 1 N–H and O–H groups in total. The molecule has 0 aromatic heterocycles. The molecule has 0 unspecified atom stereocenters. The van der Waals surface area contributed by atoms with Gasteiger partial charge < -0.3 is 10.2 Å². The van der Waals surface area contributed by atoms with E-state index in [1.807, 2.05) is 11.9 Å². The van der Waals surface area contributed by atoms with Crippen molar-refractivity contribution in [2.24, 2.45) is 11.8 Å². The largest absolute Gasteiger partial charge is 0.346 e. The van der Waals surface area contributed by atoms with Gasteiger partial charge in [0.05, 0.1) is 0 Å². The predicted molar refractivity (Wildman–Crippen MR) is 58.1 cm³/mol. The number of carbonyl (C=O) groups excluding carboxylic acids is 1. The zero-order valence-electron chi connectivity index (χ0n) is 9.55. The molecule has 1 rings (SSSR count). The zero-order chi connectivity index (χ0) is 10.6. The van der Waals surface area contributed by atoms with Crippen LogP contribution in [-0.2, 0) is 4.79 Å². The average molecular weight is 198 g/mol. The maximum Gasteiger partial charge on any atom is 0.222 e. The lowest BCUT2D eigenvalue weighted by atomic mass is 9.98. The third-order valence-corrected chi connectivity index (χ3v) is 2.80. The molecule has 1 amide bonds. The molecular formula is C11H22N2O. The van der Waals surface area contributed by atoms with Crippen molar-refractivity contribution in [1.29, 1.82) is 0 Å². The van der Waals surface area contributed by atoms with Gasteiger partial charge in [-0.2, -0.15) is 0 Å². The fraction of sp³-hybridized carbons (Fsp3) is 0.909. The molecular weight excluding hydrogens is 176 g/mol. The normalized spacial score (nSPS) is 16.9. The Balaban J connectivity index is 2.14. The number of nitrogens with zero attached hydrogens (tertiary/aromatic N) is 1. The van der Waals surface area contributed by atoms with Crippen molar-refractivity contribution < 1.29 is 4.79 Å². The molecule has 1 heterocycles. The van der Waals surface area contributed by atoms with Gasteiger partial charge in [0.2, 0.25) is 5.91 Å². The van der Waals surface area contributed by atoms with Crippen molar-refractivity contribution in [2.75, 3.05) is 26.7 Å². The molecule has 1 saturated heterocycles. The molecule has 0 saturated carbocycles. The van der Waals surface area contributed by atoms with Gasteiger partial charge in [0.25, 0.3) is 0 Å². The fourth-order valence-corrected chi connectivity index (χ4v) is 1.47. The number of hydrogen-bond donors (Lipinski definition) is 1. The van der Waals surface area contributed by atoms with Gasteiger partial charge in [-0.05, 0) is 31.3 Å². The molecule has 82 valence electrons. The highest BCUT2D eigenvalue weighted by atomic mass is 16.2. The van der Waals surface area contributed by atoms with Gasteiger partial charge in [0.15, 0.2) is 0 Å². The van der Waals surface area contributed by atoms with Crippen LogP contribution in [0.15, 0.2) is 0 Å². The third kappa shape index (κ3) is 3.66. The minimum Gasteiger partial charge on any atom is -0.346 e. The van der Waals surface area contributed by atoms with Crippen LogP contribution in [-0.4, -0.2) is 37.5 Å². The Labute approximate surface area is 86.9 Å². The van der Waals surface area contributed by atoms with Crippen LogP contribution >= 0.6 is 0 Å². The average Bonchev–Trinajstić information content (AvgIpc) is 2.06. The lowest BCUT2D eigenvalue weighted by Crippen LogP contribution is -2.44. The van der Waals surface area contributed by atoms with E-state index < -0.39 is 0 Å². The second-order valence-corrected chi connectivity index (χ2v) is 4.73. The Morgan fingerprint density at radius 3 is 2.57 bits per heavy atom. The standard InChI is InChI=1S/C11H22N2O/c1-9(2)4-5-13(3)11(14)6-10-7-12-8-10/h9-10,12H,4-8H2,1-3H3. The Hall–Kier alpha value is -0.570. The summed E-state index contributed by atoms with van der Waals surface area (Å²) in [5.41, 5.74) is 0. The number of nitrogens with one attached hydrogen (secondary N) is 1. The Morgan fingerprint density at radius 1 is 1.50 bits per heavy atom. The minimum absolute atomic E-state index is 0.303. The van der Waals surface area contributed by atoms with Crippen LogP contribution < -0.4 is 5.32 Å². The molecule has 0 aliphatic carbocycles. The summed E-state index contributed by atoms with van der Waals surface area (Å²) in [7, 11) is 1.91. The third-order valence-electron chi connectivity index (χ3n) is 2.80. The summed E-state index contributed by atoms with van der Waals surface area (Å²) in [6.45, 7) is 7.31. The first-order valence-corrected chi connectivity index (χ1v) is 5.54. The van der Waals surface area contributed by atoms with E-state index in [9.17, 15) is 4.79 Å². The smallest absolute Gasteiger partial charge is 0.222 e. The molecule has 3 heteroatoms. The molecule has 14 heavy (non-hydrogen) atoms. The van der Waals surface area contributed by atoms with Crippen molar-refractivity contribution >= 4 is 5.91 Å². The second kappa shape index (κ2) is 5.35. The minimum atomic E-state index is 0.303. The summed E-state index contributed by atoms with van der Waals surface area (Å²) < 4.78 is 0. The van der Waals surface area contributed by atoms with E-state index in [-0.39, 0.29) is 0 Å². The lowest BCUT2D eigenvalue weighted by Gasteiger charge is -2.28. The fourth-order valence-electron chi connectivity index (χ4n) is 1.47. The van der Waals surface area contributed by atoms with Crippen LogP contribution in [0.3, 0.4) is 0 Å². The van der Waals surface area contributed by atoms with E-state index in [2.05, 4.69) is 19.2 Å². The monoisotopic (exact) mass is 198 g/mol. The van der Waals surface area contributed by atoms with Gasteiger partial charge in [0.1, 0.15) is 0 Å². The van der Waals surface area contributed by atoms with Crippen LogP contribution in [0.25, 0.3) is 0 Å². The number of hydrogen-bond acceptors (Lipinski definition) is 2. The van der Waals surface area contributed by atoms with Crippen LogP contribution in [0, 0.1) is 11.8 Å². The van der Waals surface area contributed by atoms with Crippen molar-refractivity contribution in [1.82, 2.24) is 10.2 Å². The van der Waals surface area contributed by atoms with Crippen LogP contribution in [0.1, 0.15) is 26.7 Å². The molecule has 0 atom stereocenters. The van der Waals surface area contributed by atoms with Gasteiger partial charge >= 0.3 is 0 Å². The van der Waals surface area contributed by atoms with Crippen LogP contribution in [0.4, 0.5) is 0 Å². The molecule has 0 aromatic carbocycles. The number of carbonyl (C=O) groups is 1. The summed E-state index contributed by atoms with van der Waals surface area (Å²) in [5, 5.41) is 3.18. The van der Waals surface area contributed by atoms with E-state index in [0.717, 1.165) is 32.5 Å². The lowest BCUT2D eigenvalue weighted by molar-refractivity contribution is -0.131. The zero-order valence-corrected chi connectivity index (χ0v) is 9.55. The van der Waals surface area contributed by atoms with Gasteiger partial charge in [0, 0.05) is 20.0 Å². The van der Waals surface area contributed by atoms with Gasteiger partial charge in [-0.25, -0.2) is 0 Å². The summed E-state index contributed by atoms with van der Waals surface area (Å²) in [6.07, 6.45) is 1.83. The molecule has 0 spiro atoms. The van der Waals surface area contributed by atoms with E-state index >= 15 is 0 Å². The first-order chi connectivity index (χ1) is 6.59. The molecule has 0 bridgehead atoms. The quantitative estimate of drug-likeness (QED) is 0.717. The van der Waals surface area contributed by atoms with E-state index in [1.165, 1.54) is 0 Å². The van der Waals surface area contributed by atoms with Crippen LogP contribution in [0.5, 0.6) is 0 Å². The Kier molecular flexibility index (Phi) is 4.39. The summed E-state index contributed by atoms with van der Waals surface area (Å²) in [4.78, 5) is 13.5. The molecule has 0 aromatic rings. The topological polar surface area (TPSA) is 32.3 Å². The van der Waals surface area contributed by atoms with Crippen molar-refractivity contribution in [2.45, 2.75) is 26.7 Å². The first-order valence-electron chi connectivity index (χ1n) is 5.54. The molecule has 1 aliphatic rings. The summed E-state index contributed by atoms with van der Waals surface area (Å²) in [5.74, 6) is 1.57. The molecule has 3 nitrogen and oxygen atoms in total. The van der Waals surface area contributed by atoms with E-state index in [0.29, 0.717) is 17.7 Å². The highest BCUT2D eigenvalue weighted by Gasteiger charge is 2.21. The molecule has 1 aliphatic heterocycles. The highest BCUT2D eigenvalue weighted by Crippen LogP contribution is 2.10. The SMILES string of the molecule is CC(C)CCN(C)C(=O)CC1CNC1. The first kappa shape index (κ1) is 11.5. The van der Waals surface area contributed by atoms with Gasteiger partial charge in [-0.3, -0.25) is 4.79 Å². The summed E-state index contributed by atoms with van der Waals surface area (Å²) >= 11 is 0. The van der Waals surface area contributed by atoms with E-state index in [1.54, 1.807) is 0 Å². The van der Waals surface area contributed by atoms with Gasteiger partial charge in [-0.1, -0.05) is 13.8 Å². The summed E-state index contributed by atoms with van der Waals surface area (Å²) in [6, 6.07) is 0. The van der Waals surface area contributed by atoms with E-state index in [4.69, 9.17) is 0 Å². The second-order valence-electron chi connectivity index (χ2n) is 4.73. The Bertz CT molecular complexity index is 188. The predicted octanol–water partition coefficient (Wildman–Crippen LogP) is 1.10. The highest BCUT2D eigenvalue weighted by molar-refractivity contribution is 5.76. The number of rotatable bonds is 5. The van der Waals surface area contributed by atoms with Crippen molar-refractivity contribution in [3.05, 3.63) is 0 Å². The van der Waals surface area contributed by atoms with Crippen molar-refractivity contribution in [3.63, 3.8) is 0 Å². The number of amides is 1. The maximum absolute atomic E-state index is 11.7. The molecule has 0 radical (unpaired) electrons. The van der Waals surface area contributed by atoms with Gasteiger partial charge in [-0.15, -0.1) is 0 Å². The Morgan fingerprint density at radius 2 is 2.14 bits per heavy atom. The van der Waals surface area contributed by atoms with Crippen molar-refractivity contribution in [3.8, 4) is 0 Å². The maximum atomic E-state index is 11.7.